The molecule has 9 nitrogen and oxygen atoms in total. The van der Waals surface area contributed by atoms with Gasteiger partial charge in [0.15, 0.2) is 0 Å². The second kappa shape index (κ2) is 6.54. The molecule has 0 saturated carbocycles. The standard InChI is InChI=1S/C12H16NO8/c14-5-8-9(15)10(16)11(17)12(21-8)20-7-4-2-1-3-6(7)13(18)19/h1-4,8-12,14-18H,5H2/q-1/t8-,9-,10+,11-,12-/m0/s1. The first-order valence-electron chi connectivity index (χ1n) is 6.18. The Morgan fingerprint density at radius 2 is 1.81 bits per heavy atom. The lowest BCUT2D eigenvalue weighted by molar-refractivity contribution is -0.277. The molecule has 1 aromatic carbocycles. The van der Waals surface area contributed by atoms with E-state index in [1.807, 2.05) is 0 Å². The minimum Gasteiger partial charge on any atom is -0.733 e. The van der Waals surface area contributed by atoms with Crippen molar-refractivity contribution in [3.8, 4) is 5.75 Å². The molecule has 21 heavy (non-hydrogen) atoms. The maximum atomic E-state index is 11.0. The fraction of sp³-hybridized carbons (Fsp3) is 0.500. The smallest absolute Gasteiger partial charge is 0.229 e. The molecule has 5 N–H and O–H groups in total. The summed E-state index contributed by atoms with van der Waals surface area (Å²) in [6.07, 6.45) is -7.26. The second-order valence-corrected chi connectivity index (χ2v) is 4.56. The molecule has 0 spiro atoms. The molecule has 1 saturated heterocycles. The zero-order valence-electron chi connectivity index (χ0n) is 10.8. The predicted molar refractivity (Wildman–Crippen MR) is 68.5 cm³/mol. The van der Waals surface area contributed by atoms with Gasteiger partial charge in [0.2, 0.25) is 6.29 Å². The number of para-hydroxylation sites is 2. The summed E-state index contributed by atoms with van der Waals surface area (Å²) in [5.74, 6) is -0.0978. The molecule has 1 fully saturated rings. The van der Waals surface area contributed by atoms with E-state index in [9.17, 15) is 20.5 Å². The molecule has 2 rings (SSSR count). The Kier molecular flexibility index (Phi) is 4.96. The lowest BCUT2D eigenvalue weighted by atomic mass is 9.99. The topological polar surface area (TPSA) is 146 Å². The van der Waals surface area contributed by atoms with Gasteiger partial charge >= 0.3 is 0 Å². The van der Waals surface area contributed by atoms with Gasteiger partial charge in [0, 0.05) is 0 Å². The van der Waals surface area contributed by atoms with Gasteiger partial charge in [-0.25, -0.2) is 0 Å². The Bertz CT molecular complexity index is 468. The number of ether oxygens (including phenoxy) is 2. The van der Waals surface area contributed by atoms with Crippen molar-refractivity contribution < 1.29 is 35.1 Å². The molecule has 1 heterocycles. The van der Waals surface area contributed by atoms with Crippen molar-refractivity contribution in [2.75, 3.05) is 11.8 Å². The number of aliphatic hydroxyl groups is 4. The van der Waals surface area contributed by atoms with Crippen LogP contribution in [0.1, 0.15) is 0 Å². The lowest BCUT2D eigenvalue weighted by Crippen LogP contribution is -2.60. The zero-order valence-corrected chi connectivity index (χ0v) is 10.8. The van der Waals surface area contributed by atoms with Crippen molar-refractivity contribution in [2.45, 2.75) is 30.7 Å². The van der Waals surface area contributed by atoms with Crippen molar-refractivity contribution in [2.24, 2.45) is 0 Å². The molecule has 9 heteroatoms. The molecule has 0 radical (unpaired) electrons. The Labute approximate surface area is 119 Å². The summed E-state index contributed by atoms with van der Waals surface area (Å²) in [6.45, 7) is -0.597. The Balaban J connectivity index is 2.19. The maximum absolute atomic E-state index is 11.0. The van der Waals surface area contributed by atoms with Crippen LogP contribution in [-0.2, 0) is 4.74 Å². The first kappa shape index (κ1) is 15.9. The quantitative estimate of drug-likeness (QED) is 0.422. The summed E-state index contributed by atoms with van der Waals surface area (Å²) in [6, 6.07) is 5.62. The first-order valence-corrected chi connectivity index (χ1v) is 6.18. The Morgan fingerprint density at radius 3 is 2.43 bits per heavy atom. The number of aliphatic hydroxyl groups excluding tert-OH is 4. The van der Waals surface area contributed by atoms with E-state index in [4.69, 9.17) is 19.8 Å². The maximum Gasteiger partial charge on any atom is 0.229 e. The molecule has 1 aliphatic rings. The molecule has 0 aromatic heterocycles. The van der Waals surface area contributed by atoms with Gasteiger partial charge in [-0.2, -0.15) is 0 Å². The van der Waals surface area contributed by atoms with E-state index in [0.29, 0.717) is 0 Å². The number of rotatable bonds is 4. The molecular weight excluding hydrogens is 286 g/mol. The van der Waals surface area contributed by atoms with Crippen LogP contribution in [-0.4, -0.2) is 62.9 Å². The highest BCUT2D eigenvalue weighted by Crippen LogP contribution is 2.30. The van der Waals surface area contributed by atoms with Crippen LogP contribution in [0.2, 0.25) is 0 Å². The Hall–Kier alpha value is -1.46. The average molecular weight is 302 g/mol. The molecule has 0 bridgehead atoms. The van der Waals surface area contributed by atoms with Crippen LogP contribution in [0.5, 0.6) is 5.75 Å². The SMILES string of the molecule is [O-]N(O)c1ccccc1O[C@H]1O[C@@H](CO)[C@H](O)[C@@H](O)[C@@H]1O. The largest absolute Gasteiger partial charge is 0.733 e. The minimum atomic E-state index is -1.60. The fourth-order valence-electron chi connectivity index (χ4n) is 2.00. The van der Waals surface area contributed by atoms with Crippen LogP contribution in [0.15, 0.2) is 24.3 Å². The summed E-state index contributed by atoms with van der Waals surface area (Å²) < 4.78 is 10.4. The molecule has 5 atom stereocenters. The summed E-state index contributed by atoms with van der Waals surface area (Å²) in [5, 5.41) is 57.7. The highest BCUT2D eigenvalue weighted by atomic mass is 16.8. The van der Waals surface area contributed by atoms with Crippen LogP contribution >= 0.6 is 0 Å². The van der Waals surface area contributed by atoms with Crippen molar-refractivity contribution in [3.05, 3.63) is 29.5 Å². The summed E-state index contributed by atoms with van der Waals surface area (Å²) in [5.41, 5.74) is -0.227. The Morgan fingerprint density at radius 1 is 1.14 bits per heavy atom. The normalized spacial score (nSPS) is 32.8. The van der Waals surface area contributed by atoms with E-state index in [1.54, 1.807) is 0 Å². The van der Waals surface area contributed by atoms with E-state index in [1.165, 1.54) is 24.3 Å². The van der Waals surface area contributed by atoms with Crippen LogP contribution in [0, 0.1) is 5.21 Å². The van der Waals surface area contributed by atoms with Gasteiger partial charge in [0.25, 0.3) is 0 Å². The average Bonchev–Trinajstić information content (AvgIpc) is 2.48. The molecule has 0 amide bonds. The third-order valence-corrected chi connectivity index (χ3v) is 3.16. The van der Waals surface area contributed by atoms with Gasteiger partial charge in [0.1, 0.15) is 30.2 Å². The van der Waals surface area contributed by atoms with Crippen molar-refractivity contribution in [1.82, 2.24) is 0 Å². The third-order valence-electron chi connectivity index (χ3n) is 3.16. The van der Waals surface area contributed by atoms with Crippen molar-refractivity contribution >= 4 is 5.69 Å². The number of benzene rings is 1. The first-order chi connectivity index (χ1) is 9.95. The monoisotopic (exact) mass is 302 g/mol. The lowest BCUT2D eigenvalue weighted by Gasteiger charge is -2.40. The minimum absolute atomic E-state index is 0.0978. The molecule has 1 aromatic rings. The predicted octanol–water partition coefficient (Wildman–Crippen LogP) is -1.44. The molecule has 0 aliphatic carbocycles. The number of hydrogen-bond acceptors (Lipinski definition) is 9. The number of nitrogens with zero attached hydrogens (tertiary/aromatic N) is 1. The third kappa shape index (κ3) is 3.24. The number of hydrogen-bond donors (Lipinski definition) is 5. The summed E-state index contributed by atoms with van der Waals surface area (Å²) in [4.78, 5) is 0. The molecule has 118 valence electrons. The van der Waals surface area contributed by atoms with Gasteiger partial charge in [0.05, 0.1) is 12.3 Å². The second-order valence-electron chi connectivity index (χ2n) is 4.56. The molecule has 1 aliphatic heterocycles. The van der Waals surface area contributed by atoms with E-state index in [2.05, 4.69) is 0 Å². The highest BCUT2D eigenvalue weighted by Gasteiger charge is 2.44. The van der Waals surface area contributed by atoms with E-state index >= 15 is 0 Å². The van der Waals surface area contributed by atoms with E-state index in [0.717, 1.165) is 0 Å². The van der Waals surface area contributed by atoms with Crippen LogP contribution < -0.4 is 9.96 Å². The van der Waals surface area contributed by atoms with Gasteiger partial charge in [-0.3, -0.25) is 5.21 Å². The van der Waals surface area contributed by atoms with Crippen molar-refractivity contribution in [1.29, 1.82) is 0 Å². The van der Waals surface area contributed by atoms with Gasteiger partial charge in [-0.15, -0.1) is 0 Å². The van der Waals surface area contributed by atoms with Crippen LogP contribution in [0.3, 0.4) is 0 Å². The highest BCUT2D eigenvalue weighted by molar-refractivity contribution is 5.56. The van der Waals surface area contributed by atoms with Gasteiger partial charge < -0.3 is 40.3 Å². The van der Waals surface area contributed by atoms with E-state index < -0.39 is 42.5 Å². The van der Waals surface area contributed by atoms with Gasteiger partial charge in [-0.1, -0.05) is 12.1 Å². The van der Waals surface area contributed by atoms with E-state index in [-0.39, 0.29) is 11.4 Å². The molecule has 0 unspecified atom stereocenters. The molecular formula is C12H16NO8-. The zero-order chi connectivity index (χ0) is 15.6. The summed E-state index contributed by atoms with van der Waals surface area (Å²) >= 11 is 0. The van der Waals surface area contributed by atoms with Crippen LogP contribution in [0.4, 0.5) is 5.69 Å². The van der Waals surface area contributed by atoms with Crippen LogP contribution in [0.25, 0.3) is 0 Å². The van der Waals surface area contributed by atoms with Gasteiger partial charge in [-0.05, 0) is 12.1 Å². The van der Waals surface area contributed by atoms with Crippen molar-refractivity contribution in [3.63, 3.8) is 0 Å². The number of anilines is 1. The fourth-order valence-corrected chi connectivity index (χ4v) is 2.00. The summed E-state index contributed by atoms with van der Waals surface area (Å²) in [7, 11) is 0.